The van der Waals surface area contributed by atoms with Crippen LogP contribution in [0.1, 0.15) is 51.7 Å². The Bertz CT molecular complexity index is 648. The van der Waals surface area contributed by atoms with Crippen molar-refractivity contribution in [1.29, 1.82) is 0 Å². The molecule has 136 valence electrons. The Balaban J connectivity index is 2.51. The quantitative estimate of drug-likeness (QED) is 0.707. The van der Waals surface area contributed by atoms with Crippen LogP contribution in [0.2, 0.25) is 0 Å². The standard InChI is InChI=1S/C21H28O4/c1-5-11-24-19-13-15(22)7-9-17(19)21(3,4)18-10-8-16(23)14-20(18)25-12-6-2/h7-10,13-14,22-23H,5-6,11-12H2,1-4H3. The Kier molecular flexibility index (Phi) is 6.18. The Morgan fingerprint density at radius 3 is 1.52 bits per heavy atom. The molecule has 0 aliphatic carbocycles. The van der Waals surface area contributed by atoms with Crippen molar-refractivity contribution in [3.05, 3.63) is 47.5 Å². The van der Waals surface area contributed by atoms with Crippen LogP contribution in [0.5, 0.6) is 23.0 Å². The minimum absolute atomic E-state index is 0.179. The van der Waals surface area contributed by atoms with E-state index < -0.39 is 5.41 Å². The summed E-state index contributed by atoms with van der Waals surface area (Å²) < 4.78 is 11.7. The first kappa shape index (κ1) is 19.0. The number of phenolic OH excluding ortho intramolecular Hbond substituents is 2. The maximum atomic E-state index is 9.84. The lowest BCUT2D eigenvalue weighted by atomic mass is 9.77. The molecule has 0 amide bonds. The van der Waals surface area contributed by atoms with Crippen molar-refractivity contribution in [2.75, 3.05) is 13.2 Å². The first-order valence-electron chi connectivity index (χ1n) is 8.82. The largest absolute Gasteiger partial charge is 0.508 e. The minimum Gasteiger partial charge on any atom is -0.508 e. The summed E-state index contributed by atoms with van der Waals surface area (Å²) in [7, 11) is 0. The van der Waals surface area contributed by atoms with Gasteiger partial charge in [0, 0.05) is 28.7 Å². The Hall–Kier alpha value is -2.36. The van der Waals surface area contributed by atoms with E-state index in [0.717, 1.165) is 24.0 Å². The van der Waals surface area contributed by atoms with E-state index in [-0.39, 0.29) is 11.5 Å². The van der Waals surface area contributed by atoms with Gasteiger partial charge in [0.1, 0.15) is 23.0 Å². The molecule has 0 saturated carbocycles. The molecule has 0 fully saturated rings. The zero-order valence-electron chi connectivity index (χ0n) is 15.5. The summed E-state index contributed by atoms with van der Waals surface area (Å²) in [5.41, 5.74) is 1.50. The molecule has 0 aliphatic heterocycles. The van der Waals surface area contributed by atoms with Gasteiger partial charge in [-0.3, -0.25) is 0 Å². The average Bonchev–Trinajstić information content (AvgIpc) is 2.57. The highest BCUT2D eigenvalue weighted by molar-refractivity contribution is 5.54. The Morgan fingerprint density at radius 1 is 0.760 bits per heavy atom. The summed E-state index contributed by atoms with van der Waals surface area (Å²) in [4.78, 5) is 0. The van der Waals surface area contributed by atoms with Crippen LogP contribution in [0.15, 0.2) is 36.4 Å². The number of benzene rings is 2. The van der Waals surface area contributed by atoms with Gasteiger partial charge in [-0.2, -0.15) is 0 Å². The second-order valence-corrected chi connectivity index (χ2v) is 6.68. The van der Waals surface area contributed by atoms with Crippen LogP contribution in [-0.2, 0) is 5.41 Å². The van der Waals surface area contributed by atoms with Gasteiger partial charge in [-0.15, -0.1) is 0 Å². The highest BCUT2D eigenvalue weighted by Gasteiger charge is 2.30. The van der Waals surface area contributed by atoms with Crippen molar-refractivity contribution in [3.8, 4) is 23.0 Å². The molecular formula is C21H28O4. The predicted molar refractivity (Wildman–Crippen MR) is 99.9 cm³/mol. The lowest BCUT2D eigenvalue weighted by Crippen LogP contribution is -2.21. The number of phenols is 2. The molecule has 2 aromatic carbocycles. The van der Waals surface area contributed by atoms with Gasteiger partial charge in [0.15, 0.2) is 0 Å². The van der Waals surface area contributed by atoms with Gasteiger partial charge in [-0.05, 0) is 25.0 Å². The number of hydrogen-bond acceptors (Lipinski definition) is 4. The molecule has 2 rings (SSSR count). The van der Waals surface area contributed by atoms with E-state index in [1.54, 1.807) is 24.3 Å². The van der Waals surface area contributed by atoms with Gasteiger partial charge in [0.2, 0.25) is 0 Å². The third-order valence-electron chi connectivity index (χ3n) is 4.20. The highest BCUT2D eigenvalue weighted by Crippen LogP contribution is 2.43. The van der Waals surface area contributed by atoms with Gasteiger partial charge in [0.05, 0.1) is 13.2 Å². The SMILES string of the molecule is CCCOc1cc(O)ccc1C(C)(C)c1ccc(O)cc1OCCC. The normalized spacial score (nSPS) is 11.4. The molecule has 2 aromatic rings. The minimum atomic E-state index is -0.423. The van der Waals surface area contributed by atoms with E-state index in [0.29, 0.717) is 24.7 Å². The first-order valence-corrected chi connectivity index (χ1v) is 8.82. The van der Waals surface area contributed by atoms with Crippen molar-refractivity contribution >= 4 is 0 Å². The van der Waals surface area contributed by atoms with Gasteiger partial charge in [0.25, 0.3) is 0 Å². The van der Waals surface area contributed by atoms with E-state index >= 15 is 0 Å². The number of aromatic hydroxyl groups is 2. The summed E-state index contributed by atoms with van der Waals surface area (Å²) in [6, 6.07) is 10.4. The second-order valence-electron chi connectivity index (χ2n) is 6.68. The summed E-state index contributed by atoms with van der Waals surface area (Å²) in [6.45, 7) is 9.43. The lowest BCUT2D eigenvalue weighted by molar-refractivity contribution is 0.300. The van der Waals surface area contributed by atoms with Gasteiger partial charge < -0.3 is 19.7 Å². The fourth-order valence-electron chi connectivity index (χ4n) is 2.86. The molecule has 0 aliphatic rings. The molecule has 0 saturated heterocycles. The number of hydrogen-bond donors (Lipinski definition) is 2. The monoisotopic (exact) mass is 344 g/mol. The van der Waals surface area contributed by atoms with Gasteiger partial charge in [-0.1, -0.05) is 39.8 Å². The van der Waals surface area contributed by atoms with Crippen molar-refractivity contribution in [2.45, 2.75) is 46.0 Å². The van der Waals surface area contributed by atoms with Crippen molar-refractivity contribution in [3.63, 3.8) is 0 Å². The van der Waals surface area contributed by atoms with Crippen LogP contribution in [0.3, 0.4) is 0 Å². The predicted octanol–water partition coefficient (Wildman–Crippen LogP) is 5.00. The zero-order chi connectivity index (χ0) is 18.4. The van der Waals surface area contributed by atoms with Crippen LogP contribution >= 0.6 is 0 Å². The number of rotatable bonds is 8. The Labute approximate surface area is 150 Å². The first-order chi connectivity index (χ1) is 11.9. The molecule has 0 bridgehead atoms. The van der Waals surface area contributed by atoms with Gasteiger partial charge >= 0.3 is 0 Å². The molecule has 0 atom stereocenters. The third-order valence-corrected chi connectivity index (χ3v) is 4.20. The van der Waals surface area contributed by atoms with Crippen LogP contribution in [0.4, 0.5) is 0 Å². The van der Waals surface area contributed by atoms with Crippen molar-refractivity contribution < 1.29 is 19.7 Å². The maximum absolute atomic E-state index is 9.84. The maximum Gasteiger partial charge on any atom is 0.127 e. The van der Waals surface area contributed by atoms with Crippen LogP contribution < -0.4 is 9.47 Å². The molecule has 0 heterocycles. The highest BCUT2D eigenvalue weighted by atomic mass is 16.5. The molecule has 25 heavy (non-hydrogen) atoms. The van der Waals surface area contributed by atoms with Crippen LogP contribution in [0, 0.1) is 0 Å². The fraction of sp³-hybridized carbons (Fsp3) is 0.429. The average molecular weight is 344 g/mol. The van der Waals surface area contributed by atoms with Crippen molar-refractivity contribution in [2.24, 2.45) is 0 Å². The van der Waals surface area contributed by atoms with E-state index in [1.807, 2.05) is 26.0 Å². The van der Waals surface area contributed by atoms with E-state index in [2.05, 4.69) is 13.8 Å². The van der Waals surface area contributed by atoms with E-state index in [1.165, 1.54) is 0 Å². The topological polar surface area (TPSA) is 58.9 Å². The fourth-order valence-corrected chi connectivity index (χ4v) is 2.86. The molecule has 4 nitrogen and oxygen atoms in total. The molecule has 2 N–H and O–H groups in total. The molecular weight excluding hydrogens is 316 g/mol. The Morgan fingerprint density at radius 2 is 1.16 bits per heavy atom. The summed E-state index contributed by atoms with van der Waals surface area (Å²) in [6.07, 6.45) is 1.78. The lowest BCUT2D eigenvalue weighted by Gasteiger charge is -2.30. The smallest absolute Gasteiger partial charge is 0.127 e. The zero-order valence-corrected chi connectivity index (χ0v) is 15.5. The molecule has 0 unspecified atom stereocenters. The summed E-state index contributed by atoms with van der Waals surface area (Å²) >= 11 is 0. The van der Waals surface area contributed by atoms with E-state index in [9.17, 15) is 10.2 Å². The second kappa shape index (κ2) is 8.15. The summed E-state index contributed by atoms with van der Waals surface area (Å²) in [5.74, 6) is 1.69. The van der Waals surface area contributed by atoms with E-state index in [4.69, 9.17) is 9.47 Å². The molecule has 0 spiro atoms. The third kappa shape index (κ3) is 4.38. The number of ether oxygens (including phenoxy) is 2. The molecule has 0 aromatic heterocycles. The van der Waals surface area contributed by atoms with Crippen LogP contribution in [0.25, 0.3) is 0 Å². The van der Waals surface area contributed by atoms with Gasteiger partial charge in [-0.25, -0.2) is 0 Å². The summed E-state index contributed by atoms with van der Waals surface area (Å²) in [5, 5.41) is 19.7. The molecule has 0 radical (unpaired) electrons. The molecule has 4 heteroatoms. The van der Waals surface area contributed by atoms with Crippen LogP contribution in [-0.4, -0.2) is 23.4 Å². The van der Waals surface area contributed by atoms with Crippen molar-refractivity contribution in [1.82, 2.24) is 0 Å².